The Kier molecular flexibility index (Phi) is 6.52. The zero-order chi connectivity index (χ0) is 19.1. The zero-order valence-electron chi connectivity index (χ0n) is 16.0. The van der Waals surface area contributed by atoms with E-state index in [2.05, 4.69) is 17.1 Å². The molecule has 0 atom stereocenters. The third-order valence-electron chi connectivity index (χ3n) is 4.34. The van der Waals surface area contributed by atoms with Crippen LogP contribution in [0.15, 0.2) is 36.4 Å². The van der Waals surface area contributed by atoms with Gasteiger partial charge in [0.15, 0.2) is 0 Å². The number of phenols is 1. The molecule has 0 aliphatic heterocycles. The van der Waals surface area contributed by atoms with Gasteiger partial charge in [0, 0.05) is 12.1 Å². The van der Waals surface area contributed by atoms with Crippen molar-refractivity contribution < 1.29 is 14.6 Å². The summed E-state index contributed by atoms with van der Waals surface area (Å²) in [7, 11) is 0. The first-order chi connectivity index (χ1) is 13.2. The van der Waals surface area contributed by atoms with Crippen LogP contribution in [0.5, 0.6) is 17.2 Å². The Bertz CT molecular complexity index is 876. The highest BCUT2D eigenvalue weighted by Crippen LogP contribution is 2.27. The van der Waals surface area contributed by atoms with Crippen molar-refractivity contribution in [2.45, 2.75) is 46.0 Å². The molecule has 1 aromatic heterocycles. The van der Waals surface area contributed by atoms with E-state index in [1.54, 1.807) is 12.1 Å². The van der Waals surface area contributed by atoms with Gasteiger partial charge in [-0.1, -0.05) is 32.6 Å². The van der Waals surface area contributed by atoms with E-state index in [9.17, 15) is 5.11 Å². The molecule has 3 aromatic rings. The van der Waals surface area contributed by atoms with Crippen molar-refractivity contribution in [3.8, 4) is 22.9 Å². The number of nitrogens with zero attached hydrogens (tertiary/aromatic N) is 3. The van der Waals surface area contributed by atoms with Gasteiger partial charge in [0.05, 0.1) is 13.2 Å². The van der Waals surface area contributed by atoms with Crippen LogP contribution in [0, 0.1) is 0 Å². The van der Waals surface area contributed by atoms with E-state index < -0.39 is 0 Å². The molecule has 0 spiro atoms. The molecule has 3 rings (SSSR count). The van der Waals surface area contributed by atoms with Crippen LogP contribution in [-0.2, 0) is 0 Å². The van der Waals surface area contributed by atoms with Crippen LogP contribution >= 0.6 is 0 Å². The average Bonchev–Trinajstić information content (AvgIpc) is 3.08. The molecule has 0 aliphatic rings. The minimum Gasteiger partial charge on any atom is -0.505 e. The SMILES string of the molecule is CCCCCCCOc1ccc(-n2nc3ccc(OCC)cc3n2)c(O)c1. The summed E-state index contributed by atoms with van der Waals surface area (Å²) in [4.78, 5) is 1.43. The molecule has 6 nitrogen and oxygen atoms in total. The number of aromatic nitrogens is 3. The second kappa shape index (κ2) is 9.26. The summed E-state index contributed by atoms with van der Waals surface area (Å²) in [5.41, 5.74) is 1.97. The molecule has 0 saturated heterocycles. The van der Waals surface area contributed by atoms with E-state index in [4.69, 9.17) is 9.47 Å². The Morgan fingerprint density at radius 3 is 2.37 bits per heavy atom. The minimum atomic E-state index is 0.0869. The van der Waals surface area contributed by atoms with Crippen LogP contribution in [0.3, 0.4) is 0 Å². The molecular formula is C21H27N3O3. The first-order valence-corrected chi connectivity index (χ1v) is 9.67. The summed E-state index contributed by atoms with van der Waals surface area (Å²) < 4.78 is 11.2. The maximum atomic E-state index is 10.4. The maximum absolute atomic E-state index is 10.4. The van der Waals surface area contributed by atoms with Crippen molar-refractivity contribution in [1.29, 1.82) is 0 Å². The monoisotopic (exact) mass is 369 g/mol. The number of unbranched alkanes of at least 4 members (excludes halogenated alkanes) is 4. The van der Waals surface area contributed by atoms with Gasteiger partial charge in [-0.15, -0.1) is 15.0 Å². The Balaban J connectivity index is 1.67. The number of hydrogen-bond donors (Lipinski definition) is 1. The Morgan fingerprint density at radius 2 is 1.59 bits per heavy atom. The lowest BCUT2D eigenvalue weighted by Gasteiger charge is -2.08. The maximum Gasteiger partial charge on any atom is 0.146 e. The van der Waals surface area contributed by atoms with Gasteiger partial charge in [0.25, 0.3) is 0 Å². The third kappa shape index (κ3) is 4.90. The molecule has 0 saturated carbocycles. The van der Waals surface area contributed by atoms with Gasteiger partial charge in [0.1, 0.15) is 34.0 Å². The fourth-order valence-corrected chi connectivity index (χ4v) is 2.92. The summed E-state index contributed by atoms with van der Waals surface area (Å²) in [5.74, 6) is 1.50. The van der Waals surface area contributed by atoms with Gasteiger partial charge < -0.3 is 14.6 Å². The molecular weight excluding hydrogens is 342 g/mol. The second-order valence-corrected chi connectivity index (χ2v) is 6.49. The largest absolute Gasteiger partial charge is 0.505 e. The van der Waals surface area contributed by atoms with Crippen LogP contribution in [0.1, 0.15) is 46.0 Å². The van der Waals surface area contributed by atoms with Gasteiger partial charge in [-0.25, -0.2) is 0 Å². The highest BCUT2D eigenvalue weighted by molar-refractivity contribution is 5.75. The number of hydrogen-bond acceptors (Lipinski definition) is 5. The summed E-state index contributed by atoms with van der Waals surface area (Å²) in [6.07, 6.45) is 5.95. The van der Waals surface area contributed by atoms with Crippen molar-refractivity contribution in [1.82, 2.24) is 15.0 Å². The average molecular weight is 369 g/mol. The number of benzene rings is 2. The number of phenolic OH excluding ortho intramolecular Hbond substituents is 1. The molecule has 1 heterocycles. The predicted octanol–water partition coefficient (Wildman–Crippen LogP) is 4.87. The summed E-state index contributed by atoms with van der Waals surface area (Å²) >= 11 is 0. The zero-order valence-corrected chi connectivity index (χ0v) is 16.0. The molecule has 0 fully saturated rings. The van der Waals surface area contributed by atoms with Crippen LogP contribution in [0.4, 0.5) is 0 Å². The van der Waals surface area contributed by atoms with E-state index in [0.29, 0.717) is 30.2 Å². The highest BCUT2D eigenvalue weighted by atomic mass is 16.5. The van der Waals surface area contributed by atoms with Crippen molar-refractivity contribution in [3.05, 3.63) is 36.4 Å². The van der Waals surface area contributed by atoms with Gasteiger partial charge >= 0.3 is 0 Å². The number of ether oxygens (including phenoxy) is 2. The van der Waals surface area contributed by atoms with Gasteiger partial charge in [-0.05, 0) is 37.6 Å². The van der Waals surface area contributed by atoms with Crippen molar-refractivity contribution in [2.24, 2.45) is 0 Å². The highest BCUT2D eigenvalue weighted by Gasteiger charge is 2.11. The smallest absolute Gasteiger partial charge is 0.146 e. The summed E-state index contributed by atoms with van der Waals surface area (Å²) in [6.45, 7) is 5.40. The number of aromatic hydroxyl groups is 1. The van der Waals surface area contributed by atoms with Crippen LogP contribution in [0.25, 0.3) is 16.7 Å². The van der Waals surface area contributed by atoms with E-state index in [-0.39, 0.29) is 5.75 Å². The Labute approximate surface area is 159 Å². The van der Waals surface area contributed by atoms with Gasteiger partial charge in [-0.2, -0.15) is 0 Å². The standard InChI is InChI=1S/C21H27N3O3/c1-3-5-6-7-8-13-27-17-10-12-20(21(25)15-17)24-22-18-11-9-16(26-4-2)14-19(18)23-24/h9-12,14-15,25H,3-8,13H2,1-2H3. The number of rotatable bonds is 10. The van der Waals surface area contributed by atoms with Crippen molar-refractivity contribution >= 4 is 11.0 Å². The van der Waals surface area contributed by atoms with E-state index in [1.165, 1.54) is 30.5 Å². The predicted molar refractivity (Wildman–Crippen MR) is 106 cm³/mol. The molecule has 27 heavy (non-hydrogen) atoms. The van der Waals surface area contributed by atoms with Gasteiger partial charge in [0.2, 0.25) is 0 Å². The normalized spacial score (nSPS) is 11.0. The quantitative estimate of drug-likeness (QED) is 0.516. The van der Waals surface area contributed by atoms with Gasteiger partial charge in [-0.3, -0.25) is 0 Å². The molecule has 0 aliphatic carbocycles. The molecule has 0 amide bonds. The summed E-state index contributed by atoms with van der Waals surface area (Å²) in [5, 5.41) is 19.2. The molecule has 2 aromatic carbocycles. The lowest BCUT2D eigenvalue weighted by atomic mass is 10.2. The Hall–Kier alpha value is -2.76. The number of fused-ring (bicyclic) bond motifs is 1. The second-order valence-electron chi connectivity index (χ2n) is 6.49. The molecule has 1 N–H and O–H groups in total. The lowest BCUT2D eigenvalue weighted by Crippen LogP contribution is -2.01. The first-order valence-electron chi connectivity index (χ1n) is 9.67. The fourth-order valence-electron chi connectivity index (χ4n) is 2.92. The third-order valence-corrected chi connectivity index (χ3v) is 4.34. The van der Waals surface area contributed by atoms with E-state index >= 15 is 0 Å². The molecule has 144 valence electrons. The molecule has 6 heteroatoms. The van der Waals surface area contributed by atoms with Crippen LogP contribution in [-0.4, -0.2) is 33.3 Å². The van der Waals surface area contributed by atoms with Crippen molar-refractivity contribution in [3.63, 3.8) is 0 Å². The molecule has 0 unspecified atom stereocenters. The fraction of sp³-hybridized carbons (Fsp3) is 0.429. The molecule has 0 radical (unpaired) electrons. The minimum absolute atomic E-state index is 0.0869. The summed E-state index contributed by atoms with van der Waals surface area (Å²) in [6, 6.07) is 10.8. The lowest BCUT2D eigenvalue weighted by molar-refractivity contribution is 0.303. The van der Waals surface area contributed by atoms with Crippen LogP contribution in [0.2, 0.25) is 0 Å². The van der Waals surface area contributed by atoms with Crippen molar-refractivity contribution in [2.75, 3.05) is 13.2 Å². The topological polar surface area (TPSA) is 69.4 Å². The van der Waals surface area contributed by atoms with Crippen LogP contribution < -0.4 is 9.47 Å². The molecule has 0 bridgehead atoms. The first kappa shape index (κ1) is 19.0. The van der Waals surface area contributed by atoms with E-state index in [1.807, 2.05) is 31.2 Å². The Morgan fingerprint density at radius 1 is 0.852 bits per heavy atom. The van der Waals surface area contributed by atoms with E-state index in [0.717, 1.165) is 17.7 Å².